The number of carbonyl (C=O) groups is 1. The molecule has 0 spiro atoms. The molecule has 0 aromatic carbocycles. The highest BCUT2D eigenvalue weighted by Gasteiger charge is 2.19. The summed E-state index contributed by atoms with van der Waals surface area (Å²) in [4.78, 5) is 20.2. The third-order valence-corrected chi connectivity index (χ3v) is 4.12. The summed E-state index contributed by atoms with van der Waals surface area (Å²) in [5, 5.41) is 0. The Morgan fingerprint density at radius 3 is 2.70 bits per heavy atom. The molecule has 0 bridgehead atoms. The minimum Gasteiger partial charge on any atom is -0.362 e. The van der Waals surface area contributed by atoms with Gasteiger partial charge in [-0.2, -0.15) is 0 Å². The van der Waals surface area contributed by atoms with Crippen molar-refractivity contribution in [2.45, 2.75) is 19.3 Å². The number of allylic oxidation sites excluding steroid dienone is 4. The normalized spacial score (nSPS) is 25.7. The molecule has 1 amide bonds. The number of piperidine rings is 1. The molecule has 2 aliphatic heterocycles. The molecular formula is C19H23N3O. The quantitative estimate of drug-likeness (QED) is 0.870. The second-order valence-electron chi connectivity index (χ2n) is 5.91. The number of nitrogens with zero attached hydrogens (tertiary/aromatic N) is 2. The molecule has 0 atom stereocenters. The zero-order valence-electron chi connectivity index (χ0n) is 13.3. The van der Waals surface area contributed by atoms with Crippen LogP contribution in [0.2, 0.25) is 0 Å². The van der Waals surface area contributed by atoms with Gasteiger partial charge in [-0.3, -0.25) is 9.69 Å². The van der Waals surface area contributed by atoms with E-state index < -0.39 is 0 Å². The van der Waals surface area contributed by atoms with Crippen molar-refractivity contribution >= 4 is 12.0 Å². The Labute approximate surface area is 137 Å². The van der Waals surface area contributed by atoms with Gasteiger partial charge in [0.25, 0.3) is 5.91 Å². The van der Waals surface area contributed by atoms with Crippen LogP contribution in [0, 0.1) is 0 Å². The number of hydrogen-bond acceptors (Lipinski definition) is 2. The molecule has 0 unspecified atom stereocenters. The molecule has 1 fully saturated rings. The lowest BCUT2D eigenvalue weighted by Crippen LogP contribution is -2.41. The predicted octanol–water partition coefficient (Wildman–Crippen LogP) is 3.31. The fourth-order valence-electron chi connectivity index (χ4n) is 2.88. The van der Waals surface area contributed by atoms with Gasteiger partial charge in [-0.1, -0.05) is 24.6 Å². The van der Waals surface area contributed by atoms with Gasteiger partial charge >= 0.3 is 0 Å². The van der Waals surface area contributed by atoms with Gasteiger partial charge in [0.2, 0.25) is 0 Å². The van der Waals surface area contributed by atoms with E-state index in [1.807, 2.05) is 61.0 Å². The maximum absolute atomic E-state index is 12.9. The third-order valence-electron chi connectivity index (χ3n) is 4.12. The molecule has 3 rings (SSSR count). The number of aromatic nitrogens is 1. The minimum atomic E-state index is 0.0290. The van der Waals surface area contributed by atoms with E-state index in [2.05, 4.69) is 9.88 Å². The van der Waals surface area contributed by atoms with Crippen LogP contribution in [-0.2, 0) is 4.79 Å². The SMILES string of the molecule is O=C1C(=C\c2ccc[nH]2)/C=C/C=C\C=C\N1CN1CCCCC1. The fourth-order valence-corrected chi connectivity index (χ4v) is 2.88. The number of nitrogens with one attached hydrogen (secondary N) is 1. The molecule has 1 aromatic rings. The minimum absolute atomic E-state index is 0.0290. The van der Waals surface area contributed by atoms with Crippen molar-refractivity contribution < 1.29 is 4.79 Å². The highest BCUT2D eigenvalue weighted by molar-refractivity contribution is 6.01. The van der Waals surface area contributed by atoms with Crippen LogP contribution in [0.15, 0.2) is 60.5 Å². The van der Waals surface area contributed by atoms with E-state index in [1.165, 1.54) is 19.3 Å². The summed E-state index contributed by atoms with van der Waals surface area (Å²) in [5.74, 6) is 0.0290. The van der Waals surface area contributed by atoms with Crippen LogP contribution in [0.3, 0.4) is 0 Å². The Morgan fingerprint density at radius 1 is 1.09 bits per heavy atom. The number of carbonyl (C=O) groups excluding carboxylic acids is 1. The topological polar surface area (TPSA) is 39.3 Å². The highest BCUT2D eigenvalue weighted by Crippen LogP contribution is 2.15. The van der Waals surface area contributed by atoms with Crippen LogP contribution in [0.1, 0.15) is 25.0 Å². The zero-order chi connectivity index (χ0) is 15.9. The van der Waals surface area contributed by atoms with E-state index in [0.717, 1.165) is 18.8 Å². The molecule has 0 radical (unpaired) electrons. The fraction of sp³-hybridized carbons (Fsp3) is 0.316. The van der Waals surface area contributed by atoms with Crippen molar-refractivity contribution in [1.82, 2.24) is 14.8 Å². The predicted molar refractivity (Wildman–Crippen MR) is 93.3 cm³/mol. The van der Waals surface area contributed by atoms with Crippen molar-refractivity contribution in [3.63, 3.8) is 0 Å². The standard InChI is InChI=1S/C19H23N3O/c23-19-17(15-18-10-8-11-20-18)9-4-1-2-7-14-22(19)16-21-12-5-3-6-13-21/h1-2,4,7-11,14-15,20H,3,5-6,12-13,16H2/b2-1-,9-4+,14-7+,17-15-. The van der Waals surface area contributed by atoms with Crippen LogP contribution >= 0.6 is 0 Å². The van der Waals surface area contributed by atoms with Crippen molar-refractivity contribution in [3.05, 3.63) is 66.2 Å². The lowest BCUT2D eigenvalue weighted by molar-refractivity contribution is -0.126. The number of aromatic amines is 1. The molecule has 23 heavy (non-hydrogen) atoms. The molecule has 0 aliphatic carbocycles. The first kappa shape index (κ1) is 15.6. The Morgan fingerprint density at radius 2 is 1.91 bits per heavy atom. The van der Waals surface area contributed by atoms with Gasteiger partial charge in [0.1, 0.15) is 0 Å². The summed E-state index contributed by atoms with van der Waals surface area (Å²) in [7, 11) is 0. The van der Waals surface area contributed by atoms with Gasteiger partial charge in [-0.25, -0.2) is 0 Å². The first-order valence-corrected chi connectivity index (χ1v) is 8.23. The average Bonchev–Trinajstić information content (AvgIpc) is 3.10. The maximum atomic E-state index is 12.9. The van der Waals surface area contributed by atoms with Crippen molar-refractivity contribution in [3.8, 4) is 0 Å². The van der Waals surface area contributed by atoms with E-state index in [4.69, 9.17) is 0 Å². The van der Waals surface area contributed by atoms with Crippen LogP contribution < -0.4 is 0 Å². The lowest BCUT2D eigenvalue weighted by atomic mass is 10.1. The number of H-pyrrole nitrogens is 1. The Hall–Kier alpha value is -2.33. The summed E-state index contributed by atoms with van der Waals surface area (Å²) in [6.07, 6.45) is 19.0. The first-order valence-electron chi connectivity index (χ1n) is 8.23. The summed E-state index contributed by atoms with van der Waals surface area (Å²) < 4.78 is 0. The average molecular weight is 309 g/mol. The smallest absolute Gasteiger partial charge is 0.258 e. The number of amides is 1. The molecular weight excluding hydrogens is 286 g/mol. The van der Waals surface area contributed by atoms with E-state index in [1.54, 1.807) is 4.90 Å². The van der Waals surface area contributed by atoms with E-state index in [0.29, 0.717) is 12.2 Å². The number of likely N-dealkylation sites (tertiary alicyclic amines) is 1. The summed E-state index contributed by atoms with van der Waals surface area (Å²) in [6, 6.07) is 3.89. The van der Waals surface area contributed by atoms with Crippen LogP contribution in [-0.4, -0.2) is 40.4 Å². The molecule has 1 N–H and O–H groups in total. The number of hydrogen-bond donors (Lipinski definition) is 1. The van der Waals surface area contributed by atoms with Gasteiger partial charge in [0.15, 0.2) is 0 Å². The Kier molecular flexibility index (Phi) is 5.27. The second-order valence-corrected chi connectivity index (χ2v) is 5.91. The van der Waals surface area contributed by atoms with Crippen LogP contribution in [0.5, 0.6) is 0 Å². The monoisotopic (exact) mass is 309 g/mol. The van der Waals surface area contributed by atoms with Gasteiger partial charge in [0, 0.05) is 23.7 Å². The largest absolute Gasteiger partial charge is 0.362 e. The molecule has 1 saturated heterocycles. The van der Waals surface area contributed by atoms with Gasteiger partial charge in [-0.05, 0) is 56.3 Å². The van der Waals surface area contributed by atoms with Gasteiger partial charge in [0.05, 0.1) is 6.67 Å². The molecule has 0 saturated carbocycles. The summed E-state index contributed by atoms with van der Waals surface area (Å²) >= 11 is 0. The third kappa shape index (κ3) is 4.33. The summed E-state index contributed by atoms with van der Waals surface area (Å²) in [5.41, 5.74) is 1.61. The van der Waals surface area contributed by atoms with Gasteiger partial charge in [-0.15, -0.1) is 0 Å². The van der Waals surface area contributed by atoms with Gasteiger partial charge < -0.3 is 9.88 Å². The molecule has 1 aromatic heterocycles. The Balaban J connectivity index is 1.82. The molecule has 4 heteroatoms. The lowest BCUT2D eigenvalue weighted by Gasteiger charge is -2.31. The van der Waals surface area contributed by atoms with Crippen molar-refractivity contribution in [2.75, 3.05) is 19.8 Å². The van der Waals surface area contributed by atoms with Crippen molar-refractivity contribution in [1.29, 1.82) is 0 Å². The summed E-state index contributed by atoms with van der Waals surface area (Å²) in [6.45, 7) is 2.79. The van der Waals surface area contributed by atoms with E-state index >= 15 is 0 Å². The number of rotatable bonds is 3. The molecule has 4 nitrogen and oxygen atoms in total. The first-order chi connectivity index (χ1) is 11.3. The van der Waals surface area contributed by atoms with E-state index in [9.17, 15) is 4.79 Å². The molecule has 2 aliphatic rings. The van der Waals surface area contributed by atoms with E-state index in [-0.39, 0.29) is 5.91 Å². The molecule has 3 heterocycles. The zero-order valence-corrected chi connectivity index (χ0v) is 13.3. The second kappa shape index (κ2) is 7.79. The maximum Gasteiger partial charge on any atom is 0.258 e. The highest BCUT2D eigenvalue weighted by atomic mass is 16.2. The van der Waals surface area contributed by atoms with Crippen LogP contribution in [0.25, 0.3) is 6.08 Å². The van der Waals surface area contributed by atoms with Crippen molar-refractivity contribution in [2.24, 2.45) is 0 Å². The van der Waals surface area contributed by atoms with Crippen LogP contribution in [0.4, 0.5) is 0 Å². The Bertz CT molecular complexity index is 632. The molecule has 120 valence electrons.